The lowest BCUT2D eigenvalue weighted by Crippen LogP contribution is -2.31. The van der Waals surface area contributed by atoms with E-state index in [4.69, 9.17) is 4.74 Å². The predicted molar refractivity (Wildman–Crippen MR) is 95.2 cm³/mol. The first kappa shape index (κ1) is 18.6. The number of methoxy groups -OCH3 is 1. The van der Waals surface area contributed by atoms with Gasteiger partial charge in [0.25, 0.3) is 0 Å². The van der Waals surface area contributed by atoms with Gasteiger partial charge in [-0.05, 0) is 25.1 Å². The molecule has 136 valence electrons. The molecular weight excluding hydrogens is 346 g/mol. The Morgan fingerprint density at radius 2 is 2.08 bits per heavy atom. The molecule has 0 aliphatic heterocycles. The molecular formula is C15H21N5O4S. The molecule has 1 aromatic heterocycles. The molecule has 0 fully saturated rings. The van der Waals surface area contributed by atoms with Crippen LogP contribution >= 0.6 is 0 Å². The van der Waals surface area contributed by atoms with Gasteiger partial charge >= 0.3 is 6.03 Å². The van der Waals surface area contributed by atoms with E-state index < -0.39 is 16.1 Å². The number of aryl methyl sites for hydroxylation is 1. The number of carbonyl (C=O) groups is 1. The Morgan fingerprint density at radius 3 is 2.64 bits per heavy atom. The van der Waals surface area contributed by atoms with Gasteiger partial charge in [-0.3, -0.25) is 9.40 Å². The van der Waals surface area contributed by atoms with Crippen molar-refractivity contribution in [3.63, 3.8) is 0 Å². The van der Waals surface area contributed by atoms with E-state index in [9.17, 15) is 13.2 Å². The second kappa shape index (κ2) is 7.43. The molecule has 3 N–H and O–H groups in total. The summed E-state index contributed by atoms with van der Waals surface area (Å²) >= 11 is 0. The number of aromatic nitrogens is 2. The summed E-state index contributed by atoms with van der Waals surface area (Å²) in [6, 6.07) is 4.00. The number of hydrogen-bond donors (Lipinski definition) is 3. The van der Waals surface area contributed by atoms with Crippen molar-refractivity contribution in [2.24, 2.45) is 7.05 Å². The van der Waals surface area contributed by atoms with Crippen LogP contribution in [-0.4, -0.2) is 37.6 Å². The van der Waals surface area contributed by atoms with E-state index in [0.717, 1.165) is 11.8 Å². The van der Waals surface area contributed by atoms with Crippen LogP contribution in [0.2, 0.25) is 0 Å². The summed E-state index contributed by atoms with van der Waals surface area (Å²) in [6.45, 7) is 1.83. The molecule has 0 saturated heterocycles. The highest BCUT2D eigenvalue weighted by atomic mass is 32.2. The number of urea groups is 1. The molecule has 10 heteroatoms. The number of hydrogen-bond acceptors (Lipinski definition) is 5. The average molecular weight is 367 g/mol. The minimum absolute atomic E-state index is 0.236. The Kier molecular flexibility index (Phi) is 5.52. The fourth-order valence-electron chi connectivity index (χ4n) is 2.18. The second-order valence-corrected chi connectivity index (χ2v) is 7.31. The van der Waals surface area contributed by atoms with Crippen LogP contribution in [0.15, 0.2) is 30.6 Å². The van der Waals surface area contributed by atoms with E-state index in [2.05, 4.69) is 20.5 Å². The molecule has 0 aliphatic rings. The molecule has 2 rings (SSSR count). The number of benzene rings is 1. The van der Waals surface area contributed by atoms with Crippen LogP contribution in [0.1, 0.15) is 18.5 Å². The summed E-state index contributed by atoms with van der Waals surface area (Å²) in [6.07, 6.45) is 4.52. The Morgan fingerprint density at radius 1 is 1.36 bits per heavy atom. The lowest BCUT2D eigenvalue weighted by Gasteiger charge is -2.15. The molecule has 1 aromatic carbocycles. The zero-order valence-corrected chi connectivity index (χ0v) is 15.2. The zero-order chi connectivity index (χ0) is 18.6. The Labute approximate surface area is 146 Å². The predicted octanol–water partition coefficient (Wildman–Crippen LogP) is 1.68. The van der Waals surface area contributed by atoms with Gasteiger partial charge in [0.05, 0.1) is 31.3 Å². The summed E-state index contributed by atoms with van der Waals surface area (Å²) in [5.41, 5.74) is 1.53. The highest BCUT2D eigenvalue weighted by molar-refractivity contribution is 7.92. The van der Waals surface area contributed by atoms with E-state index in [1.165, 1.54) is 13.2 Å². The first-order valence-electron chi connectivity index (χ1n) is 7.40. The summed E-state index contributed by atoms with van der Waals surface area (Å²) in [7, 11) is -0.251. The van der Waals surface area contributed by atoms with Crippen molar-refractivity contribution in [3.8, 4) is 5.75 Å². The van der Waals surface area contributed by atoms with Crippen LogP contribution in [0, 0.1) is 0 Å². The number of sulfonamides is 1. The molecule has 9 nitrogen and oxygen atoms in total. The number of ether oxygens (including phenoxy) is 1. The Bertz CT molecular complexity index is 863. The lowest BCUT2D eigenvalue weighted by atomic mass is 10.2. The van der Waals surface area contributed by atoms with Crippen molar-refractivity contribution < 1.29 is 17.9 Å². The smallest absolute Gasteiger partial charge is 0.319 e. The second-order valence-electron chi connectivity index (χ2n) is 5.56. The summed E-state index contributed by atoms with van der Waals surface area (Å²) in [4.78, 5) is 12.1. The van der Waals surface area contributed by atoms with Gasteiger partial charge in [0.1, 0.15) is 5.75 Å². The Hall–Kier alpha value is -2.75. The molecule has 0 radical (unpaired) electrons. The number of rotatable bonds is 6. The topological polar surface area (TPSA) is 114 Å². The van der Waals surface area contributed by atoms with Gasteiger partial charge in [-0.1, -0.05) is 0 Å². The quantitative estimate of drug-likeness (QED) is 0.719. The fourth-order valence-corrected chi connectivity index (χ4v) is 2.74. The number of nitrogens with zero attached hydrogens (tertiary/aromatic N) is 2. The third-order valence-electron chi connectivity index (χ3n) is 3.33. The summed E-state index contributed by atoms with van der Waals surface area (Å²) in [5, 5.41) is 9.50. The molecule has 1 unspecified atom stereocenters. The first-order valence-corrected chi connectivity index (χ1v) is 9.29. The van der Waals surface area contributed by atoms with Gasteiger partial charge in [0.2, 0.25) is 10.0 Å². The van der Waals surface area contributed by atoms with E-state index in [1.54, 1.807) is 30.1 Å². The van der Waals surface area contributed by atoms with Crippen LogP contribution in [0.4, 0.5) is 16.2 Å². The summed E-state index contributed by atoms with van der Waals surface area (Å²) < 4.78 is 32.0. The van der Waals surface area contributed by atoms with Gasteiger partial charge in [0, 0.05) is 24.5 Å². The molecule has 1 heterocycles. The third kappa shape index (κ3) is 5.38. The normalized spacial score (nSPS) is 12.3. The minimum Gasteiger partial charge on any atom is -0.495 e. The molecule has 0 bridgehead atoms. The molecule has 2 aromatic rings. The molecule has 0 spiro atoms. The van der Waals surface area contributed by atoms with Crippen LogP contribution in [-0.2, 0) is 17.1 Å². The number of anilines is 2. The highest BCUT2D eigenvalue weighted by Crippen LogP contribution is 2.28. The van der Waals surface area contributed by atoms with Crippen LogP contribution in [0.5, 0.6) is 5.75 Å². The molecule has 25 heavy (non-hydrogen) atoms. The van der Waals surface area contributed by atoms with Crippen molar-refractivity contribution in [2.45, 2.75) is 13.0 Å². The SMILES string of the molecule is COc1ccc(NC(=O)NC(C)c2cnn(C)c2)cc1NS(C)(=O)=O. The lowest BCUT2D eigenvalue weighted by molar-refractivity contribution is 0.249. The minimum atomic E-state index is -3.48. The zero-order valence-electron chi connectivity index (χ0n) is 14.4. The van der Waals surface area contributed by atoms with Gasteiger partial charge in [-0.2, -0.15) is 5.10 Å². The van der Waals surface area contributed by atoms with Gasteiger partial charge in [-0.15, -0.1) is 0 Å². The van der Waals surface area contributed by atoms with Crippen LogP contribution in [0.3, 0.4) is 0 Å². The van der Waals surface area contributed by atoms with Crippen molar-refractivity contribution in [2.75, 3.05) is 23.4 Å². The summed E-state index contributed by atoms with van der Waals surface area (Å²) in [5.74, 6) is 0.347. The molecule has 1 atom stereocenters. The van der Waals surface area contributed by atoms with Gasteiger partial charge in [-0.25, -0.2) is 13.2 Å². The van der Waals surface area contributed by atoms with E-state index in [1.807, 2.05) is 13.1 Å². The van der Waals surface area contributed by atoms with Crippen molar-refractivity contribution in [1.29, 1.82) is 0 Å². The van der Waals surface area contributed by atoms with Crippen LogP contribution in [0.25, 0.3) is 0 Å². The van der Waals surface area contributed by atoms with Crippen molar-refractivity contribution >= 4 is 27.4 Å². The fraction of sp³-hybridized carbons (Fsp3) is 0.333. The van der Waals surface area contributed by atoms with Gasteiger partial charge in [0.15, 0.2) is 0 Å². The monoisotopic (exact) mass is 367 g/mol. The molecule has 0 saturated carbocycles. The van der Waals surface area contributed by atoms with Gasteiger partial charge < -0.3 is 15.4 Å². The highest BCUT2D eigenvalue weighted by Gasteiger charge is 2.13. The van der Waals surface area contributed by atoms with Crippen molar-refractivity contribution in [1.82, 2.24) is 15.1 Å². The number of nitrogens with one attached hydrogen (secondary N) is 3. The molecule has 0 aliphatic carbocycles. The standard InChI is InChI=1S/C15H21N5O4S/c1-10(11-8-16-20(2)9-11)17-15(21)18-12-5-6-14(24-3)13(7-12)19-25(4,22)23/h5-10,19H,1-4H3,(H2,17,18,21). The average Bonchev–Trinajstić information content (AvgIpc) is 2.92. The third-order valence-corrected chi connectivity index (χ3v) is 3.92. The van der Waals surface area contributed by atoms with Crippen LogP contribution < -0.4 is 20.1 Å². The van der Waals surface area contributed by atoms with E-state index in [-0.39, 0.29) is 11.7 Å². The maximum atomic E-state index is 12.1. The van der Waals surface area contributed by atoms with E-state index in [0.29, 0.717) is 11.4 Å². The number of carbonyl (C=O) groups excluding carboxylic acids is 1. The number of amides is 2. The van der Waals surface area contributed by atoms with E-state index >= 15 is 0 Å². The maximum absolute atomic E-state index is 12.1. The molecule has 2 amide bonds. The first-order chi connectivity index (χ1) is 11.7. The maximum Gasteiger partial charge on any atom is 0.319 e. The largest absolute Gasteiger partial charge is 0.495 e. The Balaban J connectivity index is 2.08. The van der Waals surface area contributed by atoms with Crippen molar-refractivity contribution in [3.05, 3.63) is 36.2 Å².